The van der Waals surface area contributed by atoms with Crippen molar-refractivity contribution < 1.29 is 14.3 Å². The van der Waals surface area contributed by atoms with Crippen molar-refractivity contribution in [3.8, 4) is 0 Å². The third-order valence-electron chi connectivity index (χ3n) is 3.48. The van der Waals surface area contributed by atoms with Crippen LogP contribution in [0.25, 0.3) is 0 Å². The molecule has 0 radical (unpaired) electrons. The Morgan fingerprint density at radius 2 is 2.04 bits per heavy atom. The van der Waals surface area contributed by atoms with Crippen molar-refractivity contribution in [3.05, 3.63) is 51.9 Å². The lowest BCUT2D eigenvalue weighted by molar-refractivity contribution is 0.0527. The Bertz CT molecular complexity index is 734. The van der Waals surface area contributed by atoms with Crippen LogP contribution in [-0.2, 0) is 11.2 Å². The topological polar surface area (TPSA) is 55.4 Å². The van der Waals surface area contributed by atoms with Gasteiger partial charge in [-0.25, -0.2) is 4.79 Å². The highest BCUT2D eigenvalue weighted by Gasteiger charge is 2.22. The molecule has 1 heterocycles. The zero-order valence-electron chi connectivity index (χ0n) is 14.5. The Kier molecular flexibility index (Phi) is 6.15. The lowest BCUT2D eigenvalue weighted by Crippen LogP contribution is -2.15. The van der Waals surface area contributed by atoms with Crippen molar-refractivity contribution in [3.63, 3.8) is 0 Å². The van der Waals surface area contributed by atoms with Crippen LogP contribution in [0.3, 0.4) is 0 Å². The Morgan fingerprint density at radius 3 is 2.67 bits per heavy atom. The molecule has 0 saturated heterocycles. The van der Waals surface area contributed by atoms with Gasteiger partial charge >= 0.3 is 5.97 Å². The second kappa shape index (κ2) is 8.11. The first-order valence-electron chi connectivity index (χ1n) is 8.07. The molecule has 0 bridgehead atoms. The van der Waals surface area contributed by atoms with Gasteiger partial charge in [0.2, 0.25) is 0 Å². The molecule has 1 aromatic heterocycles. The molecule has 4 nitrogen and oxygen atoms in total. The summed E-state index contributed by atoms with van der Waals surface area (Å²) in [4.78, 5) is 24.8. The molecule has 0 spiro atoms. The van der Waals surface area contributed by atoms with Gasteiger partial charge in [-0.05, 0) is 49.3 Å². The predicted octanol–water partition coefficient (Wildman–Crippen LogP) is 4.68. The Hall–Kier alpha value is -2.14. The summed E-state index contributed by atoms with van der Waals surface area (Å²) in [7, 11) is 0. The minimum absolute atomic E-state index is 0.220. The van der Waals surface area contributed by atoms with E-state index in [0.717, 1.165) is 17.5 Å². The number of rotatable bonds is 6. The van der Waals surface area contributed by atoms with Gasteiger partial charge < -0.3 is 10.1 Å². The van der Waals surface area contributed by atoms with Gasteiger partial charge in [-0.3, -0.25) is 4.79 Å². The Labute approximate surface area is 146 Å². The van der Waals surface area contributed by atoms with Gasteiger partial charge in [-0.2, -0.15) is 0 Å². The molecular formula is C19H23NO3S. The summed E-state index contributed by atoms with van der Waals surface area (Å²) in [6.07, 6.45) is 0.769. The minimum Gasteiger partial charge on any atom is -0.462 e. The molecule has 0 aliphatic carbocycles. The van der Waals surface area contributed by atoms with E-state index < -0.39 is 0 Å². The quantitative estimate of drug-likeness (QED) is 0.773. The first-order chi connectivity index (χ1) is 11.4. The number of anilines is 1. The van der Waals surface area contributed by atoms with Crippen molar-refractivity contribution in [2.45, 2.75) is 34.1 Å². The highest BCUT2D eigenvalue weighted by molar-refractivity contribution is 7.15. The molecule has 1 aromatic carbocycles. The number of thiophene rings is 1. The van der Waals surface area contributed by atoms with Gasteiger partial charge in [0.25, 0.3) is 5.91 Å². The predicted molar refractivity (Wildman–Crippen MR) is 97.9 cm³/mol. The van der Waals surface area contributed by atoms with Crippen molar-refractivity contribution in [1.29, 1.82) is 0 Å². The van der Waals surface area contributed by atoms with Crippen LogP contribution >= 0.6 is 11.3 Å². The zero-order chi connectivity index (χ0) is 17.7. The third-order valence-corrected chi connectivity index (χ3v) is 4.43. The number of aryl methyl sites for hydroxylation is 1. The van der Waals surface area contributed by atoms with Crippen LogP contribution in [0.15, 0.2) is 29.6 Å². The molecule has 1 amide bonds. The second-order valence-corrected chi connectivity index (χ2v) is 6.99. The monoisotopic (exact) mass is 345 g/mol. The van der Waals surface area contributed by atoms with Crippen molar-refractivity contribution >= 4 is 28.2 Å². The molecular weight excluding hydrogens is 322 g/mol. The summed E-state index contributed by atoms with van der Waals surface area (Å²) in [5.74, 6) is -0.191. The fourth-order valence-corrected chi connectivity index (χ4v) is 3.42. The molecule has 1 N–H and O–H groups in total. The minimum atomic E-state index is -0.381. The summed E-state index contributed by atoms with van der Waals surface area (Å²) >= 11 is 1.37. The second-order valence-electron chi connectivity index (χ2n) is 6.11. The summed E-state index contributed by atoms with van der Waals surface area (Å²) in [5, 5.41) is 5.35. The van der Waals surface area contributed by atoms with E-state index in [4.69, 9.17) is 4.74 Å². The summed E-state index contributed by atoms with van der Waals surface area (Å²) in [6, 6.07) is 7.36. The first-order valence-corrected chi connectivity index (χ1v) is 8.95. The molecule has 0 aliphatic heterocycles. The van der Waals surface area contributed by atoms with E-state index in [0.29, 0.717) is 28.7 Å². The van der Waals surface area contributed by atoms with E-state index in [1.54, 1.807) is 13.0 Å². The molecule has 5 heteroatoms. The SMILES string of the molecule is CCOC(=O)c1c(CC(C)C)csc1NC(=O)c1cccc(C)c1. The number of hydrogen-bond acceptors (Lipinski definition) is 4. The molecule has 2 aromatic rings. The highest BCUT2D eigenvalue weighted by atomic mass is 32.1. The number of nitrogens with one attached hydrogen (secondary N) is 1. The van der Waals surface area contributed by atoms with E-state index in [9.17, 15) is 9.59 Å². The van der Waals surface area contributed by atoms with Crippen molar-refractivity contribution in [2.75, 3.05) is 11.9 Å². The average molecular weight is 345 g/mol. The number of amides is 1. The fourth-order valence-electron chi connectivity index (χ4n) is 2.46. The van der Waals surface area contributed by atoms with Crippen molar-refractivity contribution in [2.24, 2.45) is 5.92 Å². The van der Waals surface area contributed by atoms with Gasteiger partial charge in [0.15, 0.2) is 0 Å². The maximum atomic E-state index is 12.5. The van der Waals surface area contributed by atoms with E-state index in [1.807, 2.05) is 30.5 Å². The summed E-state index contributed by atoms with van der Waals surface area (Å²) in [6.45, 7) is 8.21. The van der Waals surface area contributed by atoms with Gasteiger partial charge in [-0.15, -0.1) is 11.3 Å². The van der Waals surface area contributed by atoms with Crippen LogP contribution in [0.4, 0.5) is 5.00 Å². The highest BCUT2D eigenvalue weighted by Crippen LogP contribution is 2.31. The number of benzene rings is 1. The molecule has 128 valence electrons. The number of esters is 1. The summed E-state index contributed by atoms with van der Waals surface area (Å²) < 4.78 is 5.17. The molecule has 2 rings (SSSR count). The maximum absolute atomic E-state index is 12.5. The summed E-state index contributed by atoms with van der Waals surface area (Å²) in [5.41, 5.74) is 2.99. The molecule has 0 fully saturated rings. The van der Waals surface area contributed by atoms with Gasteiger partial charge in [0, 0.05) is 5.56 Å². The Balaban J connectivity index is 2.30. The molecule has 0 aliphatic rings. The van der Waals surface area contributed by atoms with Crippen LogP contribution in [0.2, 0.25) is 0 Å². The lowest BCUT2D eigenvalue weighted by Gasteiger charge is -2.10. The van der Waals surface area contributed by atoms with E-state index in [1.165, 1.54) is 11.3 Å². The zero-order valence-corrected chi connectivity index (χ0v) is 15.3. The number of hydrogen-bond donors (Lipinski definition) is 1. The van der Waals surface area contributed by atoms with Crippen LogP contribution in [-0.4, -0.2) is 18.5 Å². The van der Waals surface area contributed by atoms with E-state index in [2.05, 4.69) is 19.2 Å². The standard InChI is InChI=1S/C19H23NO3S/c1-5-23-19(22)16-15(9-12(2)3)11-24-18(16)20-17(21)14-8-6-7-13(4)10-14/h6-8,10-12H,5,9H2,1-4H3,(H,20,21). The molecule has 24 heavy (non-hydrogen) atoms. The largest absolute Gasteiger partial charge is 0.462 e. The van der Waals surface area contributed by atoms with Crippen molar-refractivity contribution in [1.82, 2.24) is 0 Å². The number of ether oxygens (including phenoxy) is 1. The van der Waals surface area contributed by atoms with E-state index >= 15 is 0 Å². The molecule has 0 unspecified atom stereocenters. The normalized spacial score (nSPS) is 10.7. The first kappa shape index (κ1) is 18.2. The average Bonchev–Trinajstić information content (AvgIpc) is 2.89. The van der Waals surface area contributed by atoms with E-state index in [-0.39, 0.29) is 11.9 Å². The van der Waals surface area contributed by atoms with Crippen LogP contribution in [0.5, 0.6) is 0 Å². The number of carbonyl (C=O) groups excluding carboxylic acids is 2. The van der Waals surface area contributed by atoms with Crippen LogP contribution in [0.1, 0.15) is 52.6 Å². The van der Waals surface area contributed by atoms with Gasteiger partial charge in [-0.1, -0.05) is 31.5 Å². The van der Waals surface area contributed by atoms with Crippen LogP contribution in [0, 0.1) is 12.8 Å². The van der Waals surface area contributed by atoms with Gasteiger partial charge in [0.1, 0.15) is 5.00 Å². The smallest absolute Gasteiger partial charge is 0.341 e. The Morgan fingerprint density at radius 1 is 1.29 bits per heavy atom. The lowest BCUT2D eigenvalue weighted by atomic mass is 10.0. The molecule has 0 atom stereocenters. The maximum Gasteiger partial charge on any atom is 0.341 e. The fraction of sp³-hybridized carbons (Fsp3) is 0.368. The third kappa shape index (κ3) is 4.45. The van der Waals surface area contributed by atoms with Crippen LogP contribution < -0.4 is 5.32 Å². The number of carbonyl (C=O) groups is 2. The molecule has 0 saturated carbocycles. The van der Waals surface area contributed by atoms with Gasteiger partial charge in [0.05, 0.1) is 12.2 Å².